The molecule has 0 aromatic rings. The molecule has 8 nitrogen and oxygen atoms in total. The number of phosphoric ester groups is 1. The van der Waals surface area contributed by atoms with Crippen LogP contribution in [0.2, 0.25) is 0 Å². The lowest BCUT2D eigenvalue weighted by atomic mass is 10.1. The lowest BCUT2D eigenvalue weighted by Crippen LogP contribution is -2.45. The van der Waals surface area contributed by atoms with Crippen molar-refractivity contribution in [1.29, 1.82) is 0 Å². The van der Waals surface area contributed by atoms with Crippen LogP contribution < -0.4 is 5.32 Å². The highest BCUT2D eigenvalue weighted by atomic mass is 31.2. The smallest absolute Gasteiger partial charge is 0.387 e. The van der Waals surface area contributed by atoms with E-state index in [4.69, 9.17) is 9.05 Å². The van der Waals surface area contributed by atoms with E-state index in [1.165, 1.54) is 89.9 Å². The van der Waals surface area contributed by atoms with Crippen molar-refractivity contribution in [1.82, 2.24) is 5.32 Å². The summed E-state index contributed by atoms with van der Waals surface area (Å²) in [4.78, 5) is 22.9. The number of hydrogen-bond acceptors (Lipinski definition) is 5. The molecule has 9 heteroatoms. The first-order valence-corrected chi connectivity index (χ1v) is 20.4. The Hall–Kier alpha value is -1.28. The van der Waals surface area contributed by atoms with Gasteiger partial charge in [-0.15, -0.1) is 0 Å². The number of carbonyl (C=O) groups excluding carboxylic acids is 1. The van der Waals surface area contributed by atoms with Crippen molar-refractivity contribution < 1.29 is 32.9 Å². The van der Waals surface area contributed by atoms with Gasteiger partial charge in [0.1, 0.15) is 13.2 Å². The number of likely N-dealkylation sites (N-methyl/N-ethyl adjacent to an activating group) is 1. The van der Waals surface area contributed by atoms with Gasteiger partial charge >= 0.3 is 7.82 Å². The molecule has 0 bridgehead atoms. The van der Waals surface area contributed by atoms with Gasteiger partial charge < -0.3 is 19.8 Å². The van der Waals surface area contributed by atoms with Crippen LogP contribution in [0.3, 0.4) is 0 Å². The fourth-order valence-electron chi connectivity index (χ4n) is 5.03. The Morgan fingerprint density at radius 3 is 1.74 bits per heavy atom. The Kier molecular flexibility index (Phi) is 29.9. The van der Waals surface area contributed by atoms with Crippen LogP contribution in [0.4, 0.5) is 0 Å². The van der Waals surface area contributed by atoms with Gasteiger partial charge in [-0.25, -0.2) is 4.57 Å². The van der Waals surface area contributed by atoms with Gasteiger partial charge in [-0.1, -0.05) is 140 Å². The molecule has 0 aliphatic rings. The van der Waals surface area contributed by atoms with E-state index in [1.807, 2.05) is 33.3 Å². The molecule has 276 valence electrons. The second-order valence-corrected chi connectivity index (χ2v) is 15.4. The van der Waals surface area contributed by atoms with E-state index in [0.29, 0.717) is 17.4 Å². The average Bonchev–Trinajstić information content (AvgIpc) is 3.01. The Morgan fingerprint density at radius 2 is 1.21 bits per heavy atom. The number of nitrogens with zero attached hydrogens (tertiary/aromatic N) is 1. The zero-order valence-electron chi connectivity index (χ0n) is 31.0. The first-order chi connectivity index (χ1) is 22.5. The molecule has 3 N–H and O–H groups in total. The largest absolute Gasteiger partial charge is 0.472 e. The van der Waals surface area contributed by atoms with E-state index in [9.17, 15) is 19.4 Å². The highest BCUT2D eigenvalue weighted by molar-refractivity contribution is 7.47. The summed E-state index contributed by atoms with van der Waals surface area (Å²) in [5.74, 6) is -0.247. The number of quaternary nitrogens is 1. The summed E-state index contributed by atoms with van der Waals surface area (Å²) < 4.78 is 23.4. The fraction of sp³-hybridized carbons (Fsp3) is 0.816. The molecule has 3 atom stereocenters. The summed E-state index contributed by atoms with van der Waals surface area (Å²) >= 11 is 0. The van der Waals surface area contributed by atoms with Crippen LogP contribution in [-0.4, -0.2) is 73.4 Å². The van der Waals surface area contributed by atoms with Crippen LogP contribution in [0.5, 0.6) is 0 Å². The Labute approximate surface area is 289 Å². The number of carbonyl (C=O) groups is 1. The highest BCUT2D eigenvalue weighted by Gasteiger charge is 2.27. The third-order valence-electron chi connectivity index (χ3n) is 8.12. The Morgan fingerprint density at radius 1 is 0.723 bits per heavy atom. The van der Waals surface area contributed by atoms with E-state index in [-0.39, 0.29) is 25.5 Å². The molecule has 1 amide bonds. The number of aliphatic hydroxyl groups is 1. The minimum atomic E-state index is -4.34. The maximum Gasteiger partial charge on any atom is 0.472 e. The molecule has 3 unspecified atom stereocenters. The van der Waals surface area contributed by atoms with Gasteiger partial charge in [0.25, 0.3) is 0 Å². The summed E-state index contributed by atoms with van der Waals surface area (Å²) in [6, 6.07) is -0.872. The number of amides is 1. The summed E-state index contributed by atoms with van der Waals surface area (Å²) in [5, 5.41) is 13.7. The van der Waals surface area contributed by atoms with Crippen LogP contribution in [0.15, 0.2) is 36.5 Å². The summed E-state index contributed by atoms with van der Waals surface area (Å²) in [5.41, 5.74) is 0. The van der Waals surface area contributed by atoms with Crippen LogP contribution in [0.25, 0.3) is 0 Å². The van der Waals surface area contributed by atoms with Gasteiger partial charge in [-0.3, -0.25) is 13.8 Å². The van der Waals surface area contributed by atoms with E-state index < -0.39 is 20.0 Å². The first kappa shape index (κ1) is 45.7. The number of aliphatic hydroxyl groups excluding tert-OH is 1. The molecule has 47 heavy (non-hydrogen) atoms. The van der Waals surface area contributed by atoms with Crippen molar-refractivity contribution in [3.05, 3.63) is 36.5 Å². The predicted molar refractivity (Wildman–Crippen MR) is 198 cm³/mol. The number of allylic oxidation sites excluding steroid dienone is 5. The van der Waals surface area contributed by atoms with E-state index in [2.05, 4.69) is 37.4 Å². The van der Waals surface area contributed by atoms with Crippen molar-refractivity contribution >= 4 is 13.7 Å². The SMILES string of the molecule is CCCCCCCC/C=C\C/C=C\CCC(=O)NC(COP(=O)(O)OCC[N+](C)(C)C)C(O)/C=C/CCCCCCCCCCCC. The van der Waals surface area contributed by atoms with Crippen molar-refractivity contribution in [2.45, 2.75) is 161 Å². The first-order valence-electron chi connectivity index (χ1n) is 18.9. The van der Waals surface area contributed by atoms with Crippen LogP contribution in [-0.2, 0) is 18.4 Å². The molecule has 0 rings (SSSR count). The number of unbranched alkanes of at least 4 members (excludes halogenated alkanes) is 16. The summed E-state index contributed by atoms with van der Waals surface area (Å²) in [7, 11) is 1.53. The van der Waals surface area contributed by atoms with Crippen molar-refractivity contribution in [3.8, 4) is 0 Å². The van der Waals surface area contributed by atoms with Gasteiger partial charge in [0.2, 0.25) is 5.91 Å². The average molecular weight is 686 g/mol. The van der Waals surface area contributed by atoms with Gasteiger partial charge in [0, 0.05) is 6.42 Å². The van der Waals surface area contributed by atoms with E-state index in [0.717, 1.165) is 32.1 Å². The monoisotopic (exact) mass is 686 g/mol. The molecule has 0 radical (unpaired) electrons. The molecule has 0 aromatic carbocycles. The molecule has 0 spiro atoms. The Balaban J connectivity index is 4.66. The lowest BCUT2D eigenvalue weighted by Gasteiger charge is -2.25. The predicted octanol–water partition coefficient (Wildman–Crippen LogP) is 9.57. The van der Waals surface area contributed by atoms with Gasteiger partial charge in [0.15, 0.2) is 0 Å². The Bertz CT molecular complexity index is 871. The third-order valence-corrected chi connectivity index (χ3v) is 9.10. The highest BCUT2D eigenvalue weighted by Crippen LogP contribution is 2.43. The molecule has 0 aliphatic heterocycles. The third kappa shape index (κ3) is 33.0. The van der Waals surface area contributed by atoms with Crippen molar-refractivity contribution in [2.24, 2.45) is 0 Å². The molecule has 0 heterocycles. The number of nitrogens with one attached hydrogen (secondary N) is 1. The van der Waals surface area contributed by atoms with Gasteiger partial charge in [-0.05, 0) is 38.5 Å². The maximum atomic E-state index is 12.7. The quantitative estimate of drug-likeness (QED) is 0.0275. The van der Waals surface area contributed by atoms with E-state index in [1.54, 1.807) is 6.08 Å². The van der Waals surface area contributed by atoms with Crippen LogP contribution in [0, 0.1) is 0 Å². The van der Waals surface area contributed by atoms with Gasteiger partial charge in [0.05, 0.1) is 39.9 Å². The number of hydrogen-bond donors (Lipinski definition) is 3. The minimum absolute atomic E-state index is 0.0518. The maximum absolute atomic E-state index is 12.7. The molecule has 0 saturated carbocycles. The molecule has 0 aliphatic carbocycles. The molecular weight excluding hydrogens is 611 g/mol. The fourth-order valence-corrected chi connectivity index (χ4v) is 5.77. The topological polar surface area (TPSA) is 105 Å². The second-order valence-electron chi connectivity index (χ2n) is 13.9. The lowest BCUT2D eigenvalue weighted by molar-refractivity contribution is -0.870. The second kappa shape index (κ2) is 30.8. The van der Waals surface area contributed by atoms with Crippen LogP contribution in [0.1, 0.15) is 149 Å². The van der Waals surface area contributed by atoms with Crippen molar-refractivity contribution in [2.75, 3.05) is 40.9 Å². The minimum Gasteiger partial charge on any atom is -0.387 e. The van der Waals surface area contributed by atoms with Crippen molar-refractivity contribution in [3.63, 3.8) is 0 Å². The molecule has 0 aromatic heterocycles. The normalized spacial score (nSPS) is 15.1. The van der Waals surface area contributed by atoms with E-state index >= 15 is 0 Å². The summed E-state index contributed by atoms with van der Waals surface area (Å²) in [6.07, 6.45) is 35.1. The molecule has 0 saturated heterocycles. The van der Waals surface area contributed by atoms with Crippen LogP contribution >= 0.6 is 7.82 Å². The zero-order valence-corrected chi connectivity index (χ0v) is 31.9. The van der Waals surface area contributed by atoms with Gasteiger partial charge in [-0.2, -0.15) is 0 Å². The number of rotatable bonds is 33. The zero-order chi connectivity index (χ0) is 35.1. The standard InChI is InChI=1S/C38H73N2O6P/c1-6-8-10-12-14-16-18-20-22-24-26-28-30-32-38(42)39-36(35-46-47(43,44)45-34-33-40(3,4)5)37(41)31-29-27-25-23-21-19-17-15-13-11-9-7-2/h20,22,26,28-29,31,36-37,41H,6-19,21,23-25,27,30,32-35H2,1-5H3,(H-,39,42,43,44)/p+1/b22-20-,28-26-,31-29+. The molecule has 0 fully saturated rings. The number of phosphoric acid groups is 1. The summed E-state index contributed by atoms with van der Waals surface area (Å²) in [6.45, 7) is 4.72. The molecular formula is C38H74N2O6P+.